The number of hydrogen-bond acceptors (Lipinski definition) is 1. The summed E-state index contributed by atoms with van der Waals surface area (Å²) >= 11 is 0. The van der Waals surface area contributed by atoms with E-state index in [-0.39, 0.29) is 11.2 Å². The number of hydrogen-bond donors (Lipinski definition) is 0. The highest BCUT2D eigenvalue weighted by Gasteiger charge is 2.47. The van der Waals surface area contributed by atoms with Crippen molar-refractivity contribution in [3.8, 4) is 0 Å². The zero-order valence-corrected chi connectivity index (χ0v) is 11.7. The molecule has 0 radical (unpaired) electrons. The number of rotatable bonds is 3. The monoisotopic (exact) mass is 268 g/mol. The number of carbonyl (C=O) groups excluding carboxylic acids is 1. The largest absolute Gasteiger partial charge is 0.361 e. The highest BCUT2D eigenvalue weighted by Crippen LogP contribution is 2.53. The predicted octanol–water partition coefficient (Wildman–Crippen LogP) is 3.61. The minimum atomic E-state index is -0.258. The van der Waals surface area contributed by atoms with E-state index in [0.29, 0.717) is 11.8 Å². The van der Waals surface area contributed by atoms with Gasteiger partial charge in [0, 0.05) is 5.41 Å². The molecule has 3 aliphatic rings. The van der Waals surface area contributed by atoms with Crippen LogP contribution in [0.25, 0.3) is 5.53 Å². The molecule has 3 saturated carbocycles. The molecule has 0 spiro atoms. The van der Waals surface area contributed by atoms with Gasteiger partial charge in [0.2, 0.25) is 5.78 Å². The second kappa shape index (κ2) is 5.34. The molecule has 104 valence electrons. The Kier molecular flexibility index (Phi) is 3.54. The minimum Gasteiger partial charge on any atom is -0.361 e. The van der Waals surface area contributed by atoms with E-state index in [1.807, 2.05) is 0 Å². The van der Waals surface area contributed by atoms with Crippen molar-refractivity contribution < 1.29 is 9.58 Å². The molecule has 1 aromatic rings. The molecule has 0 amide bonds. The van der Waals surface area contributed by atoms with Gasteiger partial charge in [0.1, 0.15) is 0 Å². The van der Waals surface area contributed by atoms with Crippen LogP contribution in [0.15, 0.2) is 30.3 Å². The first-order valence-electron chi connectivity index (χ1n) is 7.52. The van der Waals surface area contributed by atoms with E-state index in [1.54, 1.807) is 0 Å². The van der Waals surface area contributed by atoms with Crippen LogP contribution in [0.5, 0.6) is 0 Å². The number of benzene rings is 1. The Balaban J connectivity index is 1.86. The van der Waals surface area contributed by atoms with Gasteiger partial charge in [-0.05, 0) is 55.9 Å². The zero-order chi connectivity index (χ0) is 14.0. The van der Waals surface area contributed by atoms with E-state index in [0.717, 1.165) is 44.7 Å². The van der Waals surface area contributed by atoms with E-state index < -0.39 is 0 Å². The second-order valence-corrected chi connectivity index (χ2v) is 6.28. The highest BCUT2D eigenvalue weighted by molar-refractivity contribution is 6.27. The quantitative estimate of drug-likeness (QED) is 0.469. The van der Waals surface area contributed by atoms with Crippen LogP contribution in [0.4, 0.5) is 0 Å². The summed E-state index contributed by atoms with van der Waals surface area (Å²) in [7, 11) is 0. The molecule has 0 N–H and O–H groups in total. The summed E-state index contributed by atoms with van der Waals surface area (Å²) in [5.74, 6) is 1.30. The zero-order valence-electron chi connectivity index (χ0n) is 11.7. The van der Waals surface area contributed by atoms with Crippen molar-refractivity contribution in [1.82, 2.24) is 0 Å². The van der Waals surface area contributed by atoms with E-state index >= 15 is 0 Å². The van der Waals surface area contributed by atoms with Gasteiger partial charge in [0.05, 0.1) is 0 Å². The molecule has 4 rings (SSSR count). The van der Waals surface area contributed by atoms with Gasteiger partial charge in [-0.15, -0.1) is 0 Å². The molecule has 1 atom stereocenters. The molecular weight excluding hydrogens is 248 g/mol. The first kappa shape index (κ1) is 13.3. The Hall–Kier alpha value is -1.73. The molecule has 3 nitrogen and oxygen atoms in total. The third-order valence-corrected chi connectivity index (χ3v) is 5.42. The van der Waals surface area contributed by atoms with Gasteiger partial charge in [-0.2, -0.15) is 4.79 Å². The molecule has 0 saturated heterocycles. The van der Waals surface area contributed by atoms with Crippen LogP contribution in [-0.2, 0) is 4.79 Å². The van der Waals surface area contributed by atoms with E-state index in [9.17, 15) is 4.79 Å². The van der Waals surface area contributed by atoms with Crippen LogP contribution in [0, 0.1) is 11.3 Å². The molecule has 0 heterocycles. The lowest BCUT2D eigenvalue weighted by atomic mass is 9.68. The Morgan fingerprint density at radius 1 is 1.15 bits per heavy atom. The van der Waals surface area contributed by atoms with Gasteiger partial charge in [0.25, 0.3) is 0 Å². The number of Topliss-reactive ketones (excluding diaryl/α,β-unsaturated/α-hetero) is 1. The lowest BCUT2D eigenvalue weighted by Crippen LogP contribution is -2.34. The van der Waals surface area contributed by atoms with Gasteiger partial charge in [-0.3, -0.25) is 4.79 Å². The van der Waals surface area contributed by atoms with Crippen LogP contribution in [0.3, 0.4) is 0 Å². The fraction of sp³-hybridized carbons (Fsp3) is 0.529. The molecule has 20 heavy (non-hydrogen) atoms. The maximum atomic E-state index is 12.3. The van der Waals surface area contributed by atoms with Crippen LogP contribution >= 0.6 is 0 Å². The standard InChI is InChI=1S/C17H20N2O/c18-19-12-16(20)17-9-6-14(7-10-17)15(8-11-17)13-4-2-1-3-5-13/h1-5,12,14-15H,6-11H2. The van der Waals surface area contributed by atoms with Crippen molar-refractivity contribution in [3.05, 3.63) is 41.4 Å². The van der Waals surface area contributed by atoms with Crippen molar-refractivity contribution in [2.45, 2.75) is 44.4 Å². The lowest BCUT2D eigenvalue weighted by molar-refractivity contribution is -0.127. The average Bonchev–Trinajstić information content (AvgIpc) is 2.80. The summed E-state index contributed by atoms with van der Waals surface area (Å²) in [6, 6.07) is 10.7. The minimum absolute atomic E-state index is 0.0205. The van der Waals surface area contributed by atoms with Crippen molar-refractivity contribution in [1.29, 1.82) is 0 Å². The van der Waals surface area contributed by atoms with Crippen molar-refractivity contribution in [3.63, 3.8) is 0 Å². The van der Waals surface area contributed by atoms with E-state index in [2.05, 4.69) is 35.1 Å². The molecule has 1 unspecified atom stereocenters. The smallest absolute Gasteiger partial charge is 0.323 e. The number of ketones is 1. The molecule has 0 aliphatic heterocycles. The third kappa shape index (κ3) is 2.23. The number of fused-ring (bicyclic) bond motifs is 4. The molecule has 3 fully saturated rings. The Morgan fingerprint density at radius 3 is 2.45 bits per heavy atom. The maximum Gasteiger partial charge on any atom is 0.323 e. The first-order valence-corrected chi connectivity index (χ1v) is 7.52. The Bertz CT molecular complexity index is 537. The van der Waals surface area contributed by atoms with E-state index in [1.165, 1.54) is 5.56 Å². The van der Waals surface area contributed by atoms with Gasteiger partial charge >= 0.3 is 6.21 Å². The summed E-state index contributed by atoms with van der Waals surface area (Å²) in [5, 5.41) is 0. The third-order valence-electron chi connectivity index (χ3n) is 5.42. The number of carbonyl (C=O) groups is 1. The summed E-state index contributed by atoms with van der Waals surface area (Å²) < 4.78 is 0. The molecular formula is C17H20N2O. The van der Waals surface area contributed by atoms with Crippen molar-refractivity contribution in [2.24, 2.45) is 11.3 Å². The fourth-order valence-corrected chi connectivity index (χ4v) is 4.21. The molecule has 0 aromatic heterocycles. The topological polar surface area (TPSA) is 53.5 Å². The summed E-state index contributed by atoms with van der Waals surface area (Å²) in [5.41, 5.74) is 9.80. The summed E-state index contributed by atoms with van der Waals surface area (Å²) in [6.07, 6.45) is 7.24. The van der Waals surface area contributed by atoms with Crippen molar-refractivity contribution >= 4 is 12.0 Å². The van der Waals surface area contributed by atoms with Crippen LogP contribution in [0.2, 0.25) is 0 Å². The van der Waals surface area contributed by atoms with Crippen LogP contribution in [-0.4, -0.2) is 16.8 Å². The van der Waals surface area contributed by atoms with Gasteiger partial charge in [0.15, 0.2) is 0 Å². The Morgan fingerprint density at radius 2 is 1.80 bits per heavy atom. The van der Waals surface area contributed by atoms with Gasteiger partial charge in [-0.25, -0.2) is 0 Å². The second-order valence-electron chi connectivity index (χ2n) is 6.28. The number of nitrogens with zero attached hydrogens (tertiary/aromatic N) is 2. The molecule has 1 aromatic carbocycles. The fourth-order valence-electron chi connectivity index (χ4n) is 4.21. The normalized spacial score (nSPS) is 32.2. The van der Waals surface area contributed by atoms with Crippen molar-refractivity contribution in [2.75, 3.05) is 0 Å². The maximum absolute atomic E-state index is 12.3. The van der Waals surface area contributed by atoms with E-state index in [4.69, 9.17) is 5.53 Å². The lowest BCUT2D eigenvalue weighted by Gasteiger charge is -2.34. The molecule has 3 heteroatoms. The van der Waals surface area contributed by atoms with Crippen LogP contribution in [0.1, 0.15) is 50.0 Å². The van der Waals surface area contributed by atoms with Crippen LogP contribution < -0.4 is 0 Å². The summed E-state index contributed by atoms with van der Waals surface area (Å²) in [6.45, 7) is 0. The van der Waals surface area contributed by atoms with Gasteiger partial charge < -0.3 is 5.53 Å². The SMILES string of the molecule is [N-]=[N+]=CC(=O)C12CCC(CC1)C(c1ccccc1)CC2. The Labute approximate surface area is 119 Å². The van der Waals surface area contributed by atoms with Gasteiger partial charge in [-0.1, -0.05) is 30.3 Å². The predicted molar refractivity (Wildman–Crippen MR) is 77.5 cm³/mol. The summed E-state index contributed by atoms with van der Waals surface area (Å²) in [4.78, 5) is 15.2. The molecule has 2 bridgehead atoms. The first-order chi connectivity index (χ1) is 9.75. The highest BCUT2D eigenvalue weighted by atomic mass is 16.1. The molecule has 3 aliphatic carbocycles. The average molecular weight is 268 g/mol.